The van der Waals surface area contributed by atoms with E-state index in [0.717, 1.165) is 12.0 Å². The predicted octanol–water partition coefficient (Wildman–Crippen LogP) is 1.48. The first kappa shape index (κ1) is 15.8. The Morgan fingerprint density at radius 3 is 2.57 bits per heavy atom. The molecule has 0 radical (unpaired) electrons. The molecule has 21 heavy (non-hydrogen) atoms. The van der Waals surface area contributed by atoms with Crippen LogP contribution in [0.1, 0.15) is 36.7 Å². The Bertz CT molecular complexity index is 660. The van der Waals surface area contributed by atoms with Gasteiger partial charge in [-0.05, 0) is 44.9 Å². The maximum Gasteiger partial charge on any atom is 0.254 e. The summed E-state index contributed by atoms with van der Waals surface area (Å²) in [5.74, 6) is -0.146. The van der Waals surface area contributed by atoms with Crippen molar-refractivity contribution in [2.75, 3.05) is 24.6 Å². The van der Waals surface area contributed by atoms with Gasteiger partial charge in [-0.1, -0.05) is 6.07 Å². The van der Waals surface area contributed by atoms with Crippen molar-refractivity contribution in [3.05, 3.63) is 29.3 Å². The van der Waals surface area contributed by atoms with Crippen molar-refractivity contribution in [1.29, 1.82) is 0 Å². The fourth-order valence-electron chi connectivity index (χ4n) is 2.29. The van der Waals surface area contributed by atoms with Gasteiger partial charge in [0.1, 0.15) is 0 Å². The van der Waals surface area contributed by atoms with E-state index in [1.165, 1.54) is 0 Å². The molecule has 0 saturated carbocycles. The third-order valence-electron chi connectivity index (χ3n) is 3.87. The Kier molecular flexibility index (Phi) is 4.02. The van der Waals surface area contributed by atoms with E-state index < -0.39 is 14.6 Å². The zero-order valence-electron chi connectivity index (χ0n) is 12.7. The number of benzene rings is 1. The molecule has 1 aromatic rings. The van der Waals surface area contributed by atoms with Crippen LogP contribution in [-0.2, 0) is 16.3 Å². The number of fused-ring (bicyclic) bond motifs is 1. The third kappa shape index (κ3) is 3.20. The standard InChI is InChI=1S/C15H22N2O3S/c1-15(2,3)21(19,20)9-8-17-7-6-11-4-5-12(16)10-13(11)14(17)18/h4-5,10H,6-9,16H2,1-3H3. The van der Waals surface area contributed by atoms with E-state index in [-0.39, 0.29) is 18.2 Å². The first-order valence-electron chi connectivity index (χ1n) is 7.02. The molecule has 0 aliphatic carbocycles. The average Bonchev–Trinajstić information content (AvgIpc) is 2.37. The number of carbonyl (C=O) groups is 1. The molecule has 0 atom stereocenters. The quantitative estimate of drug-likeness (QED) is 0.858. The largest absolute Gasteiger partial charge is 0.399 e. The van der Waals surface area contributed by atoms with Gasteiger partial charge in [-0.3, -0.25) is 4.79 Å². The topological polar surface area (TPSA) is 80.5 Å². The molecule has 116 valence electrons. The van der Waals surface area contributed by atoms with E-state index in [2.05, 4.69) is 0 Å². The lowest BCUT2D eigenvalue weighted by Gasteiger charge is -2.30. The predicted molar refractivity (Wildman–Crippen MR) is 84.0 cm³/mol. The summed E-state index contributed by atoms with van der Waals surface area (Å²) in [6.07, 6.45) is 0.733. The van der Waals surface area contributed by atoms with Gasteiger partial charge in [-0.15, -0.1) is 0 Å². The zero-order chi connectivity index (χ0) is 15.8. The van der Waals surface area contributed by atoms with Gasteiger partial charge < -0.3 is 10.6 Å². The highest BCUT2D eigenvalue weighted by Crippen LogP contribution is 2.22. The Morgan fingerprint density at radius 1 is 1.29 bits per heavy atom. The Hall–Kier alpha value is -1.56. The van der Waals surface area contributed by atoms with Crippen molar-refractivity contribution < 1.29 is 13.2 Å². The van der Waals surface area contributed by atoms with Crippen LogP contribution in [0.2, 0.25) is 0 Å². The summed E-state index contributed by atoms with van der Waals surface area (Å²) in [6, 6.07) is 5.32. The molecule has 0 aromatic heterocycles. The number of hydrogen-bond acceptors (Lipinski definition) is 4. The number of nitrogens with zero attached hydrogens (tertiary/aromatic N) is 1. The molecule has 2 N–H and O–H groups in total. The van der Waals surface area contributed by atoms with Crippen molar-refractivity contribution in [3.8, 4) is 0 Å². The second kappa shape index (κ2) is 5.33. The molecular formula is C15H22N2O3S. The van der Waals surface area contributed by atoms with Gasteiger partial charge in [0.05, 0.1) is 10.5 Å². The Labute approximate surface area is 126 Å². The van der Waals surface area contributed by atoms with E-state index in [1.807, 2.05) is 6.07 Å². The van der Waals surface area contributed by atoms with Gasteiger partial charge in [0, 0.05) is 24.3 Å². The minimum absolute atomic E-state index is 0.0140. The third-order valence-corrected chi connectivity index (χ3v) is 6.45. The lowest BCUT2D eigenvalue weighted by atomic mass is 9.98. The van der Waals surface area contributed by atoms with E-state index in [1.54, 1.807) is 37.8 Å². The molecule has 0 saturated heterocycles. The lowest BCUT2D eigenvalue weighted by Crippen LogP contribution is -2.42. The van der Waals surface area contributed by atoms with Crippen molar-refractivity contribution in [3.63, 3.8) is 0 Å². The number of carbonyl (C=O) groups excluding carboxylic acids is 1. The van der Waals surface area contributed by atoms with Crippen molar-refractivity contribution in [2.45, 2.75) is 31.9 Å². The molecular weight excluding hydrogens is 288 g/mol. The van der Waals surface area contributed by atoms with Crippen LogP contribution in [0.5, 0.6) is 0 Å². The van der Waals surface area contributed by atoms with E-state index in [9.17, 15) is 13.2 Å². The average molecular weight is 310 g/mol. The van der Waals surface area contributed by atoms with Crippen LogP contribution in [0.25, 0.3) is 0 Å². The summed E-state index contributed by atoms with van der Waals surface area (Å²) in [6.45, 7) is 5.81. The number of nitrogens with two attached hydrogens (primary N) is 1. The van der Waals surface area contributed by atoms with Crippen LogP contribution < -0.4 is 5.73 Å². The summed E-state index contributed by atoms with van der Waals surface area (Å²) in [7, 11) is -3.22. The maximum absolute atomic E-state index is 12.4. The van der Waals surface area contributed by atoms with Gasteiger partial charge in [0.15, 0.2) is 9.84 Å². The van der Waals surface area contributed by atoms with Gasteiger partial charge in [-0.2, -0.15) is 0 Å². The van der Waals surface area contributed by atoms with E-state index in [4.69, 9.17) is 5.73 Å². The molecule has 1 heterocycles. The molecule has 2 rings (SSSR count). The molecule has 1 aliphatic heterocycles. The number of anilines is 1. The zero-order valence-corrected chi connectivity index (χ0v) is 13.5. The molecule has 6 heteroatoms. The molecule has 1 amide bonds. The van der Waals surface area contributed by atoms with E-state index >= 15 is 0 Å². The number of amides is 1. The Balaban J connectivity index is 2.13. The highest BCUT2D eigenvalue weighted by molar-refractivity contribution is 7.92. The molecule has 0 unspecified atom stereocenters. The minimum Gasteiger partial charge on any atom is -0.399 e. The summed E-state index contributed by atoms with van der Waals surface area (Å²) in [5, 5.41) is 0. The molecule has 0 fully saturated rings. The van der Waals surface area contributed by atoms with Crippen LogP contribution in [-0.4, -0.2) is 42.8 Å². The highest BCUT2D eigenvalue weighted by atomic mass is 32.2. The number of rotatable bonds is 3. The monoisotopic (exact) mass is 310 g/mol. The molecule has 0 bridgehead atoms. The second-order valence-electron chi connectivity index (χ2n) is 6.39. The first-order chi connectivity index (χ1) is 9.62. The molecule has 5 nitrogen and oxygen atoms in total. The van der Waals surface area contributed by atoms with Gasteiger partial charge in [0.25, 0.3) is 5.91 Å². The van der Waals surface area contributed by atoms with Gasteiger partial charge in [-0.25, -0.2) is 8.42 Å². The fraction of sp³-hybridized carbons (Fsp3) is 0.533. The number of hydrogen-bond donors (Lipinski definition) is 1. The smallest absolute Gasteiger partial charge is 0.254 e. The highest BCUT2D eigenvalue weighted by Gasteiger charge is 2.31. The summed E-state index contributed by atoms with van der Waals surface area (Å²) >= 11 is 0. The number of nitrogen functional groups attached to an aromatic ring is 1. The van der Waals surface area contributed by atoms with Crippen LogP contribution in [0.4, 0.5) is 5.69 Å². The minimum atomic E-state index is -3.22. The SMILES string of the molecule is CC(C)(C)S(=O)(=O)CCN1CCc2ccc(N)cc2C1=O. The lowest BCUT2D eigenvalue weighted by molar-refractivity contribution is 0.0750. The number of sulfone groups is 1. The van der Waals surface area contributed by atoms with Crippen LogP contribution in [0, 0.1) is 0 Å². The fourth-order valence-corrected chi connectivity index (χ4v) is 3.36. The maximum atomic E-state index is 12.4. The first-order valence-corrected chi connectivity index (χ1v) is 8.67. The van der Waals surface area contributed by atoms with Crippen LogP contribution in [0.3, 0.4) is 0 Å². The van der Waals surface area contributed by atoms with Crippen molar-refractivity contribution in [1.82, 2.24) is 4.90 Å². The van der Waals surface area contributed by atoms with Gasteiger partial charge >= 0.3 is 0 Å². The van der Waals surface area contributed by atoms with Crippen molar-refractivity contribution in [2.24, 2.45) is 0 Å². The normalized spacial score (nSPS) is 16.0. The summed E-state index contributed by atoms with van der Waals surface area (Å²) in [5.41, 5.74) is 7.84. The van der Waals surface area contributed by atoms with Crippen LogP contribution in [0.15, 0.2) is 18.2 Å². The van der Waals surface area contributed by atoms with Crippen molar-refractivity contribution >= 4 is 21.4 Å². The van der Waals surface area contributed by atoms with Crippen LogP contribution >= 0.6 is 0 Å². The molecule has 1 aliphatic rings. The Morgan fingerprint density at radius 2 is 1.95 bits per heavy atom. The molecule has 1 aromatic carbocycles. The van der Waals surface area contributed by atoms with Gasteiger partial charge in [0.2, 0.25) is 0 Å². The summed E-state index contributed by atoms with van der Waals surface area (Å²) in [4.78, 5) is 14.0. The second-order valence-corrected chi connectivity index (χ2v) is 9.25. The molecule has 0 spiro atoms. The summed E-state index contributed by atoms with van der Waals surface area (Å²) < 4.78 is 23.5. The van der Waals surface area contributed by atoms with E-state index in [0.29, 0.717) is 17.8 Å².